The Morgan fingerprint density at radius 2 is 1.72 bits per heavy atom. The number of hydrogen-bond donors (Lipinski definition) is 0. The van der Waals surface area contributed by atoms with Crippen molar-refractivity contribution in [3.63, 3.8) is 0 Å². The molecule has 2 aromatic heterocycles. The molecule has 1 aromatic carbocycles. The predicted molar refractivity (Wildman–Crippen MR) is 70.9 cm³/mol. The lowest BCUT2D eigenvalue weighted by molar-refractivity contribution is 0.395. The van der Waals surface area contributed by atoms with Gasteiger partial charge in [-0.25, -0.2) is 0 Å². The minimum absolute atomic E-state index is 0.589. The molecule has 0 fully saturated rings. The average molecular weight is 244 g/mol. The number of fused-ring (bicyclic) bond motifs is 3. The summed E-state index contributed by atoms with van der Waals surface area (Å²) >= 11 is 0. The quantitative estimate of drug-likeness (QED) is 0.660. The molecular formula is C13H16N4O. The number of ether oxygens (including phenoxy) is 1. The summed E-state index contributed by atoms with van der Waals surface area (Å²) < 4.78 is 6.97. The highest BCUT2D eigenvalue weighted by molar-refractivity contribution is 5.96. The van der Waals surface area contributed by atoms with Crippen LogP contribution in [0.25, 0.3) is 16.4 Å². The summed E-state index contributed by atoms with van der Waals surface area (Å²) in [5, 5.41) is 14.4. The molecule has 2 heterocycles. The molecule has 0 saturated carbocycles. The highest BCUT2D eigenvalue weighted by Crippen LogP contribution is 2.25. The third-order valence-corrected chi connectivity index (χ3v) is 2.58. The standard InChI is InChI=1S/C11H10N4O.C2H6/c1-7-12-13-10-8-5-3-4-6-9(8)11(16-2)14-15(7)10;1-2/h3-6H,1-2H3;1-2H3. The van der Waals surface area contributed by atoms with Gasteiger partial charge in [0.1, 0.15) is 0 Å². The minimum Gasteiger partial charge on any atom is -0.480 e. The topological polar surface area (TPSA) is 52.3 Å². The Kier molecular flexibility index (Phi) is 3.41. The Hall–Kier alpha value is -2.17. The van der Waals surface area contributed by atoms with Gasteiger partial charge in [-0.3, -0.25) is 0 Å². The third-order valence-electron chi connectivity index (χ3n) is 2.58. The van der Waals surface area contributed by atoms with Gasteiger partial charge < -0.3 is 4.74 Å². The first-order valence-electron chi connectivity index (χ1n) is 5.96. The summed E-state index contributed by atoms with van der Waals surface area (Å²) in [5.74, 6) is 1.34. The molecule has 0 spiro atoms. The van der Waals surface area contributed by atoms with Gasteiger partial charge in [-0.1, -0.05) is 32.0 Å². The first kappa shape index (κ1) is 12.3. The van der Waals surface area contributed by atoms with Crippen molar-refractivity contribution >= 4 is 16.4 Å². The Morgan fingerprint density at radius 1 is 1.06 bits per heavy atom. The van der Waals surface area contributed by atoms with E-state index in [2.05, 4.69) is 15.3 Å². The highest BCUT2D eigenvalue weighted by atomic mass is 16.5. The molecule has 18 heavy (non-hydrogen) atoms. The molecule has 5 nitrogen and oxygen atoms in total. The van der Waals surface area contributed by atoms with Crippen molar-refractivity contribution in [2.45, 2.75) is 20.8 Å². The molecule has 0 unspecified atom stereocenters. The molecule has 94 valence electrons. The molecular weight excluding hydrogens is 228 g/mol. The van der Waals surface area contributed by atoms with Gasteiger partial charge in [0, 0.05) is 10.8 Å². The van der Waals surface area contributed by atoms with Crippen LogP contribution in [-0.2, 0) is 0 Å². The molecule has 0 N–H and O–H groups in total. The number of aryl methyl sites for hydroxylation is 1. The van der Waals surface area contributed by atoms with Crippen LogP contribution in [0.15, 0.2) is 24.3 Å². The van der Waals surface area contributed by atoms with Crippen molar-refractivity contribution in [1.29, 1.82) is 0 Å². The molecule has 0 radical (unpaired) electrons. The third kappa shape index (κ3) is 1.77. The number of nitrogens with zero attached hydrogens (tertiary/aromatic N) is 4. The number of hydrogen-bond acceptors (Lipinski definition) is 4. The van der Waals surface area contributed by atoms with Crippen molar-refractivity contribution in [2.24, 2.45) is 0 Å². The zero-order valence-corrected chi connectivity index (χ0v) is 11.0. The van der Waals surface area contributed by atoms with Crippen LogP contribution in [0.2, 0.25) is 0 Å². The van der Waals surface area contributed by atoms with Crippen LogP contribution in [0.1, 0.15) is 19.7 Å². The van der Waals surface area contributed by atoms with Crippen molar-refractivity contribution in [3.8, 4) is 5.88 Å². The molecule has 0 aliphatic rings. The Morgan fingerprint density at radius 3 is 2.39 bits per heavy atom. The first-order chi connectivity index (χ1) is 8.81. The van der Waals surface area contributed by atoms with E-state index in [4.69, 9.17) is 4.74 Å². The number of aromatic nitrogens is 4. The highest BCUT2D eigenvalue weighted by Gasteiger charge is 2.11. The van der Waals surface area contributed by atoms with E-state index in [1.165, 1.54) is 0 Å². The number of rotatable bonds is 1. The molecule has 3 rings (SSSR count). The van der Waals surface area contributed by atoms with Crippen LogP contribution in [0.4, 0.5) is 0 Å². The maximum absolute atomic E-state index is 5.27. The zero-order valence-electron chi connectivity index (χ0n) is 11.0. The Labute approximate surface area is 105 Å². The lowest BCUT2D eigenvalue weighted by Crippen LogP contribution is -1.99. The van der Waals surface area contributed by atoms with E-state index in [1.54, 1.807) is 11.6 Å². The van der Waals surface area contributed by atoms with Gasteiger partial charge in [-0.15, -0.1) is 15.3 Å². The second-order valence-corrected chi connectivity index (χ2v) is 3.54. The van der Waals surface area contributed by atoms with Crippen LogP contribution < -0.4 is 4.74 Å². The van der Waals surface area contributed by atoms with E-state index in [9.17, 15) is 0 Å². The van der Waals surface area contributed by atoms with Gasteiger partial charge in [0.05, 0.1) is 7.11 Å². The Bertz CT molecular complexity index is 675. The SMILES string of the molecule is CC.COc1nn2c(C)nnc2c2ccccc12. The van der Waals surface area contributed by atoms with Gasteiger partial charge in [0.15, 0.2) is 11.5 Å². The van der Waals surface area contributed by atoms with E-state index >= 15 is 0 Å². The summed E-state index contributed by atoms with van der Waals surface area (Å²) in [7, 11) is 1.61. The van der Waals surface area contributed by atoms with Crippen LogP contribution in [0.3, 0.4) is 0 Å². The summed E-state index contributed by atoms with van der Waals surface area (Å²) in [6.45, 7) is 5.86. The first-order valence-corrected chi connectivity index (χ1v) is 5.96. The van der Waals surface area contributed by atoms with Crippen molar-refractivity contribution in [1.82, 2.24) is 19.8 Å². The van der Waals surface area contributed by atoms with Crippen LogP contribution in [0.5, 0.6) is 5.88 Å². The molecule has 0 saturated heterocycles. The van der Waals surface area contributed by atoms with Crippen LogP contribution in [0, 0.1) is 6.92 Å². The molecule has 0 amide bonds. The second kappa shape index (κ2) is 5.00. The van der Waals surface area contributed by atoms with E-state index in [0.717, 1.165) is 22.2 Å². The largest absolute Gasteiger partial charge is 0.480 e. The second-order valence-electron chi connectivity index (χ2n) is 3.54. The fourth-order valence-electron chi connectivity index (χ4n) is 1.81. The Balaban J connectivity index is 0.000000574. The fourth-order valence-corrected chi connectivity index (χ4v) is 1.81. The molecule has 0 aliphatic carbocycles. The summed E-state index contributed by atoms with van der Waals surface area (Å²) in [4.78, 5) is 0. The normalized spacial score (nSPS) is 10.2. The van der Waals surface area contributed by atoms with Crippen molar-refractivity contribution in [3.05, 3.63) is 30.1 Å². The zero-order chi connectivity index (χ0) is 13.1. The van der Waals surface area contributed by atoms with E-state index in [0.29, 0.717) is 5.88 Å². The lowest BCUT2D eigenvalue weighted by atomic mass is 10.2. The summed E-state index contributed by atoms with van der Waals surface area (Å²) in [6.07, 6.45) is 0. The number of methoxy groups -OCH3 is 1. The summed E-state index contributed by atoms with van der Waals surface area (Å²) in [6, 6.07) is 7.87. The van der Waals surface area contributed by atoms with Crippen molar-refractivity contribution in [2.75, 3.05) is 7.11 Å². The maximum Gasteiger partial charge on any atom is 0.239 e. The lowest BCUT2D eigenvalue weighted by Gasteiger charge is -2.05. The van der Waals surface area contributed by atoms with Crippen LogP contribution in [-0.4, -0.2) is 26.9 Å². The van der Waals surface area contributed by atoms with Crippen molar-refractivity contribution < 1.29 is 4.74 Å². The molecule has 0 aliphatic heterocycles. The van der Waals surface area contributed by atoms with Gasteiger partial charge in [0.2, 0.25) is 5.88 Å². The van der Waals surface area contributed by atoms with E-state index in [1.807, 2.05) is 45.0 Å². The average Bonchev–Trinajstić information content (AvgIpc) is 2.82. The maximum atomic E-state index is 5.27. The van der Waals surface area contributed by atoms with E-state index in [-0.39, 0.29) is 0 Å². The molecule has 5 heteroatoms. The number of benzene rings is 1. The minimum atomic E-state index is 0.589. The molecule has 0 bridgehead atoms. The van der Waals surface area contributed by atoms with Gasteiger partial charge in [-0.2, -0.15) is 4.52 Å². The fraction of sp³-hybridized carbons (Fsp3) is 0.308. The molecule has 3 aromatic rings. The monoisotopic (exact) mass is 244 g/mol. The molecule has 0 atom stereocenters. The summed E-state index contributed by atoms with van der Waals surface area (Å²) in [5.41, 5.74) is 0.758. The smallest absolute Gasteiger partial charge is 0.239 e. The van der Waals surface area contributed by atoms with Gasteiger partial charge in [0.25, 0.3) is 0 Å². The van der Waals surface area contributed by atoms with Gasteiger partial charge >= 0.3 is 0 Å². The predicted octanol–water partition coefficient (Wildman–Crippen LogP) is 2.62. The van der Waals surface area contributed by atoms with Crippen LogP contribution >= 0.6 is 0 Å². The van der Waals surface area contributed by atoms with E-state index < -0.39 is 0 Å². The van der Waals surface area contributed by atoms with Gasteiger partial charge in [-0.05, 0) is 13.0 Å².